The fourth-order valence-corrected chi connectivity index (χ4v) is 6.78. The summed E-state index contributed by atoms with van der Waals surface area (Å²) in [7, 11) is 0. The van der Waals surface area contributed by atoms with E-state index in [-0.39, 0.29) is 30.4 Å². The summed E-state index contributed by atoms with van der Waals surface area (Å²) in [5, 5.41) is 0. The van der Waals surface area contributed by atoms with Crippen molar-refractivity contribution in [3.05, 3.63) is 24.2 Å². The normalized spacial score (nSPS) is 55.1. The first-order valence-electron chi connectivity index (χ1n) is 9.57. The number of cyclic esters (lactones) is 1. The summed E-state index contributed by atoms with van der Waals surface area (Å²) in [5.41, 5.74) is -1.68. The molecule has 6 fully saturated rings. The summed E-state index contributed by atoms with van der Waals surface area (Å²) in [4.78, 5) is 25.5. The van der Waals surface area contributed by atoms with Gasteiger partial charge in [0, 0.05) is 18.4 Å². The van der Waals surface area contributed by atoms with E-state index in [9.17, 15) is 9.59 Å². The van der Waals surface area contributed by atoms with Crippen molar-refractivity contribution >= 4 is 11.9 Å². The van der Waals surface area contributed by atoms with Crippen LogP contribution in [0.3, 0.4) is 0 Å². The fourth-order valence-electron chi connectivity index (χ4n) is 6.78. The van der Waals surface area contributed by atoms with Crippen molar-refractivity contribution in [3.8, 4) is 0 Å². The molecule has 5 bridgehead atoms. The summed E-state index contributed by atoms with van der Waals surface area (Å²) in [5.74, 6) is -3.14. The van der Waals surface area contributed by atoms with Crippen LogP contribution in [0.15, 0.2) is 23.0 Å². The molecule has 27 heavy (non-hydrogen) atoms. The number of esters is 2. The van der Waals surface area contributed by atoms with Gasteiger partial charge in [-0.2, -0.15) is 0 Å². The van der Waals surface area contributed by atoms with Crippen molar-refractivity contribution in [3.63, 3.8) is 0 Å². The lowest BCUT2D eigenvalue weighted by Crippen LogP contribution is -2.86. The molecule has 5 unspecified atom stereocenters. The molecule has 0 aromatic carbocycles. The van der Waals surface area contributed by atoms with E-state index in [2.05, 4.69) is 6.92 Å². The first-order valence-corrected chi connectivity index (χ1v) is 9.57. The largest absolute Gasteiger partial charge is 0.472 e. The SMILES string of the molecule is C[C@@H]1C(=O)OC23CC[C@@]4(C)C(=O)OCC45OC(c4ccoc4)(CC1C25C)O3. The second-order valence-corrected chi connectivity index (χ2v) is 9.18. The zero-order valence-electron chi connectivity index (χ0n) is 15.6. The Kier molecular flexibility index (Phi) is 2.54. The molecule has 1 spiro atoms. The van der Waals surface area contributed by atoms with Gasteiger partial charge >= 0.3 is 11.9 Å². The average Bonchev–Trinajstić information content (AvgIpc) is 3.24. The van der Waals surface area contributed by atoms with Gasteiger partial charge in [-0.05, 0) is 25.3 Å². The monoisotopic (exact) mass is 374 g/mol. The lowest BCUT2D eigenvalue weighted by atomic mass is 9.41. The summed E-state index contributed by atoms with van der Waals surface area (Å²) in [6, 6.07) is 1.81. The van der Waals surface area contributed by atoms with Crippen LogP contribution in [0.1, 0.15) is 45.6 Å². The van der Waals surface area contributed by atoms with E-state index in [1.807, 2.05) is 19.9 Å². The third kappa shape index (κ3) is 1.36. The number of hydrogen-bond acceptors (Lipinski definition) is 7. The van der Waals surface area contributed by atoms with Crippen molar-refractivity contribution in [2.75, 3.05) is 6.61 Å². The van der Waals surface area contributed by atoms with Crippen LogP contribution in [0, 0.1) is 22.7 Å². The quantitative estimate of drug-likeness (QED) is 0.698. The molecule has 1 aromatic rings. The molecule has 7 atom stereocenters. The average molecular weight is 374 g/mol. The Bertz CT molecular complexity index is 879. The van der Waals surface area contributed by atoms with Crippen molar-refractivity contribution < 1.29 is 33.0 Å². The van der Waals surface area contributed by atoms with Crippen LogP contribution in [0.4, 0.5) is 0 Å². The summed E-state index contributed by atoms with van der Waals surface area (Å²) in [6.45, 7) is 6.02. The molecule has 1 aliphatic carbocycles. The van der Waals surface area contributed by atoms with Crippen LogP contribution >= 0.6 is 0 Å². The molecule has 1 saturated carbocycles. The van der Waals surface area contributed by atoms with Crippen LogP contribution in [0.25, 0.3) is 0 Å². The van der Waals surface area contributed by atoms with Gasteiger partial charge in [0.05, 0.1) is 29.3 Å². The van der Waals surface area contributed by atoms with Crippen LogP contribution < -0.4 is 0 Å². The predicted octanol–water partition coefficient (Wildman–Crippen LogP) is 2.49. The maximum absolute atomic E-state index is 12.8. The van der Waals surface area contributed by atoms with E-state index in [0.717, 1.165) is 5.56 Å². The van der Waals surface area contributed by atoms with Crippen LogP contribution in [-0.4, -0.2) is 29.9 Å². The molecule has 6 heterocycles. The topological polar surface area (TPSA) is 84.2 Å². The lowest BCUT2D eigenvalue weighted by Gasteiger charge is -2.76. The smallest absolute Gasteiger partial charge is 0.315 e. The Hall–Kier alpha value is -1.86. The van der Waals surface area contributed by atoms with E-state index in [1.165, 1.54) is 0 Å². The van der Waals surface area contributed by atoms with Gasteiger partial charge in [-0.25, -0.2) is 0 Å². The number of rotatable bonds is 1. The molecule has 7 rings (SSSR count). The number of carbonyl (C=O) groups excluding carboxylic acids is 2. The molecule has 6 aliphatic rings. The Labute approximate surface area is 156 Å². The molecular formula is C20H22O7. The number of carbonyl (C=O) groups is 2. The summed E-state index contributed by atoms with van der Waals surface area (Å²) < 4.78 is 30.3. The molecule has 5 aliphatic heterocycles. The second kappa shape index (κ2) is 4.25. The molecule has 0 radical (unpaired) electrons. The highest BCUT2D eigenvalue weighted by atomic mass is 16.8. The van der Waals surface area contributed by atoms with Gasteiger partial charge in [-0.15, -0.1) is 0 Å². The number of hydrogen-bond donors (Lipinski definition) is 0. The summed E-state index contributed by atoms with van der Waals surface area (Å²) >= 11 is 0. The maximum Gasteiger partial charge on any atom is 0.315 e. The van der Waals surface area contributed by atoms with Crippen molar-refractivity contribution in [1.29, 1.82) is 0 Å². The molecule has 5 saturated heterocycles. The highest BCUT2D eigenvalue weighted by molar-refractivity contribution is 5.82. The third-order valence-electron chi connectivity index (χ3n) is 8.43. The molecule has 7 nitrogen and oxygen atoms in total. The minimum Gasteiger partial charge on any atom is -0.472 e. The van der Waals surface area contributed by atoms with Gasteiger partial charge in [0.15, 0.2) is 0 Å². The van der Waals surface area contributed by atoms with E-state index in [1.54, 1.807) is 12.5 Å². The minimum absolute atomic E-state index is 0.0646. The molecular weight excluding hydrogens is 352 g/mol. The Morgan fingerprint density at radius 1 is 1.15 bits per heavy atom. The molecule has 1 aromatic heterocycles. The second-order valence-electron chi connectivity index (χ2n) is 9.18. The van der Waals surface area contributed by atoms with Gasteiger partial charge in [-0.3, -0.25) is 9.59 Å². The Balaban J connectivity index is 1.67. The van der Waals surface area contributed by atoms with Gasteiger partial charge in [-0.1, -0.05) is 13.8 Å². The van der Waals surface area contributed by atoms with E-state index >= 15 is 0 Å². The van der Waals surface area contributed by atoms with Crippen molar-refractivity contribution in [2.45, 2.75) is 57.2 Å². The standard InChI is InChI=1S/C20H22O7/c1-11-13-8-18(12-4-7-23-9-12)26-19-10-24-15(22)16(19,2)5-6-20(27-18,17(13,19)3)25-14(11)21/h4,7,9,11,13H,5-6,8,10H2,1-3H3/t11-,13?,16-,17?,18?,19?,20?/m0/s1. The highest BCUT2D eigenvalue weighted by Crippen LogP contribution is 2.78. The van der Waals surface area contributed by atoms with Crippen molar-refractivity contribution in [1.82, 2.24) is 0 Å². The minimum atomic E-state index is -1.14. The van der Waals surface area contributed by atoms with Gasteiger partial charge < -0.3 is 23.4 Å². The van der Waals surface area contributed by atoms with Crippen molar-refractivity contribution in [2.24, 2.45) is 22.7 Å². The number of ether oxygens (including phenoxy) is 4. The molecule has 144 valence electrons. The third-order valence-corrected chi connectivity index (χ3v) is 8.43. The maximum atomic E-state index is 12.8. The van der Waals surface area contributed by atoms with Gasteiger partial charge in [0.25, 0.3) is 0 Å². The van der Waals surface area contributed by atoms with Gasteiger partial charge in [0.1, 0.15) is 12.2 Å². The highest BCUT2D eigenvalue weighted by Gasteiger charge is 2.89. The lowest BCUT2D eigenvalue weighted by molar-refractivity contribution is -0.555. The van der Waals surface area contributed by atoms with Crippen LogP contribution in [0.5, 0.6) is 0 Å². The molecule has 7 heteroatoms. The van der Waals surface area contributed by atoms with Crippen LogP contribution in [0.2, 0.25) is 0 Å². The van der Waals surface area contributed by atoms with E-state index < -0.39 is 28.0 Å². The van der Waals surface area contributed by atoms with Crippen LogP contribution in [-0.2, 0) is 34.3 Å². The Morgan fingerprint density at radius 3 is 2.70 bits per heavy atom. The predicted molar refractivity (Wildman–Crippen MR) is 87.8 cm³/mol. The van der Waals surface area contributed by atoms with E-state index in [0.29, 0.717) is 19.3 Å². The zero-order valence-corrected chi connectivity index (χ0v) is 15.6. The fraction of sp³-hybridized carbons (Fsp3) is 0.700. The van der Waals surface area contributed by atoms with E-state index in [4.69, 9.17) is 23.4 Å². The first kappa shape index (κ1) is 16.1. The summed E-state index contributed by atoms with van der Waals surface area (Å²) in [6.07, 6.45) is 4.61. The Morgan fingerprint density at radius 2 is 1.96 bits per heavy atom. The number of furan rings is 1. The first-order chi connectivity index (χ1) is 12.7. The zero-order chi connectivity index (χ0) is 18.9. The molecule has 0 amide bonds. The van der Waals surface area contributed by atoms with Gasteiger partial charge in [0.2, 0.25) is 11.6 Å². The molecule has 0 N–H and O–H groups in total.